The van der Waals surface area contributed by atoms with E-state index in [-0.39, 0.29) is 12.5 Å². The fourth-order valence-corrected chi connectivity index (χ4v) is 6.68. The molecule has 1 heterocycles. The van der Waals surface area contributed by atoms with Crippen LogP contribution in [-0.4, -0.2) is 87.5 Å². The molecule has 0 aromatic heterocycles. The molecule has 0 saturated carbocycles. The number of unbranched alkanes of at least 4 members (excludes halogenated alkanes) is 24. The van der Waals surface area contributed by atoms with Gasteiger partial charge in [0, 0.05) is 6.42 Å². The van der Waals surface area contributed by atoms with E-state index in [1.165, 1.54) is 128 Å². The molecule has 1 saturated heterocycles. The van der Waals surface area contributed by atoms with Crippen molar-refractivity contribution in [1.29, 1.82) is 0 Å². The highest BCUT2D eigenvalue weighted by Crippen LogP contribution is 2.22. The van der Waals surface area contributed by atoms with Gasteiger partial charge < -0.3 is 40.3 Å². The molecule has 296 valence electrons. The Bertz CT molecular complexity index is 797. The Hall–Kier alpha value is -1.07. The predicted molar refractivity (Wildman–Crippen MR) is 203 cm³/mol. The van der Waals surface area contributed by atoms with Crippen molar-refractivity contribution in [2.45, 2.75) is 230 Å². The van der Waals surface area contributed by atoms with Crippen molar-refractivity contribution in [3.05, 3.63) is 12.2 Å². The van der Waals surface area contributed by atoms with Gasteiger partial charge in [-0.2, -0.15) is 0 Å². The summed E-state index contributed by atoms with van der Waals surface area (Å²) in [5.41, 5.74) is 0. The van der Waals surface area contributed by atoms with Crippen molar-refractivity contribution < 1.29 is 39.8 Å². The summed E-state index contributed by atoms with van der Waals surface area (Å²) in [4.78, 5) is 12.9. The molecule has 0 aromatic carbocycles. The topological polar surface area (TPSA) is 149 Å². The van der Waals surface area contributed by atoms with Gasteiger partial charge in [-0.25, -0.2) is 0 Å². The van der Waals surface area contributed by atoms with Gasteiger partial charge in [-0.1, -0.05) is 174 Å². The second-order valence-corrected chi connectivity index (χ2v) is 14.8. The number of aliphatic hydroxyl groups excluding tert-OH is 5. The fourth-order valence-electron chi connectivity index (χ4n) is 6.68. The van der Waals surface area contributed by atoms with Gasteiger partial charge in [-0.05, 0) is 19.3 Å². The van der Waals surface area contributed by atoms with Gasteiger partial charge in [0.05, 0.1) is 25.4 Å². The number of carbonyl (C=O) groups excluding carboxylic acids is 1. The largest absolute Gasteiger partial charge is 0.394 e. The first-order valence-corrected chi connectivity index (χ1v) is 20.9. The van der Waals surface area contributed by atoms with Crippen LogP contribution in [-0.2, 0) is 14.3 Å². The third-order valence-electron chi connectivity index (χ3n) is 10.1. The molecule has 1 aliphatic heterocycles. The van der Waals surface area contributed by atoms with E-state index in [0.717, 1.165) is 38.5 Å². The average Bonchev–Trinajstić information content (AvgIpc) is 3.11. The van der Waals surface area contributed by atoms with Crippen LogP contribution in [0.3, 0.4) is 0 Å². The Balaban J connectivity index is 2.41. The second-order valence-electron chi connectivity index (χ2n) is 14.8. The molecule has 1 amide bonds. The SMILES string of the molecule is CCCCCCCCCCCCC/C=C/[C@@H](O)[C@@H](CO[C@H]1O[C@@H](CO)[C@H](O)[C@@H](O)[C@@H]1O)NC(=O)CCCCCCCCCCCCCCCC. The highest BCUT2D eigenvalue weighted by molar-refractivity contribution is 5.76. The monoisotopic (exact) mass is 714 g/mol. The lowest BCUT2D eigenvalue weighted by Crippen LogP contribution is -2.60. The molecule has 50 heavy (non-hydrogen) atoms. The normalized spacial score (nSPS) is 22.3. The second kappa shape index (κ2) is 32.6. The molecule has 1 rings (SSSR count). The lowest BCUT2D eigenvalue weighted by molar-refractivity contribution is -0.302. The Morgan fingerprint density at radius 2 is 1.10 bits per heavy atom. The van der Waals surface area contributed by atoms with Crippen LogP contribution in [0.5, 0.6) is 0 Å². The number of hydrogen-bond acceptors (Lipinski definition) is 8. The maximum atomic E-state index is 12.9. The zero-order valence-corrected chi connectivity index (χ0v) is 32.2. The highest BCUT2D eigenvalue weighted by atomic mass is 16.7. The van der Waals surface area contributed by atoms with E-state index >= 15 is 0 Å². The molecule has 6 N–H and O–H groups in total. The van der Waals surface area contributed by atoms with Gasteiger partial charge in [0.2, 0.25) is 5.91 Å². The number of carbonyl (C=O) groups is 1. The van der Waals surface area contributed by atoms with Gasteiger partial charge in [-0.3, -0.25) is 4.79 Å². The summed E-state index contributed by atoms with van der Waals surface area (Å²) in [6.07, 6.45) is 28.2. The number of amides is 1. The number of aliphatic hydroxyl groups is 5. The smallest absolute Gasteiger partial charge is 0.220 e. The van der Waals surface area contributed by atoms with Crippen molar-refractivity contribution >= 4 is 5.91 Å². The molecule has 0 bridgehead atoms. The molecule has 1 fully saturated rings. The zero-order valence-electron chi connectivity index (χ0n) is 32.2. The van der Waals surface area contributed by atoms with Crippen molar-refractivity contribution in [1.82, 2.24) is 5.32 Å². The summed E-state index contributed by atoms with van der Waals surface area (Å²) in [5, 5.41) is 54.0. The van der Waals surface area contributed by atoms with E-state index in [0.29, 0.717) is 6.42 Å². The fraction of sp³-hybridized carbons (Fsp3) is 0.927. The maximum Gasteiger partial charge on any atom is 0.220 e. The van der Waals surface area contributed by atoms with Crippen LogP contribution in [0.4, 0.5) is 0 Å². The van der Waals surface area contributed by atoms with Gasteiger partial charge in [0.1, 0.15) is 24.4 Å². The third kappa shape index (κ3) is 23.5. The van der Waals surface area contributed by atoms with Crippen molar-refractivity contribution in [3.63, 3.8) is 0 Å². The molecule has 1 aliphatic rings. The summed E-state index contributed by atoms with van der Waals surface area (Å²) >= 11 is 0. The molecular weight excluding hydrogens is 634 g/mol. The first-order chi connectivity index (χ1) is 24.3. The molecule has 0 radical (unpaired) electrons. The van der Waals surface area contributed by atoms with Crippen LogP contribution in [0.2, 0.25) is 0 Å². The van der Waals surface area contributed by atoms with Crippen molar-refractivity contribution in [3.8, 4) is 0 Å². The van der Waals surface area contributed by atoms with E-state index in [2.05, 4.69) is 19.2 Å². The highest BCUT2D eigenvalue weighted by Gasteiger charge is 2.44. The lowest BCUT2D eigenvalue weighted by atomic mass is 9.99. The standard InChI is InChI=1S/C41H79NO8/c1-3-5-7-9-11-13-15-17-19-21-23-25-27-29-31-37(45)42-34(33-49-41-40(48)39(47)38(46)36(32-43)50-41)35(44)30-28-26-24-22-20-18-16-14-12-10-8-6-4-2/h28,30,34-36,38-41,43-44,46-48H,3-27,29,31-33H2,1-2H3,(H,42,45)/b30-28+/t34-,35-,36+,38+,39-,40+,41+/m1/s1. The molecule has 7 atom stereocenters. The van der Waals surface area contributed by atoms with Crippen molar-refractivity contribution in [2.75, 3.05) is 13.2 Å². The maximum absolute atomic E-state index is 12.9. The minimum atomic E-state index is -1.56. The summed E-state index contributed by atoms with van der Waals surface area (Å²) in [6.45, 7) is 3.76. The van der Waals surface area contributed by atoms with Crippen LogP contribution >= 0.6 is 0 Å². The van der Waals surface area contributed by atoms with E-state index in [1.54, 1.807) is 6.08 Å². The average molecular weight is 714 g/mol. The van der Waals surface area contributed by atoms with Crippen LogP contribution in [0.25, 0.3) is 0 Å². The van der Waals surface area contributed by atoms with E-state index in [9.17, 15) is 30.3 Å². The third-order valence-corrected chi connectivity index (χ3v) is 10.1. The van der Waals surface area contributed by atoms with E-state index < -0.39 is 49.5 Å². The lowest BCUT2D eigenvalue weighted by Gasteiger charge is -2.40. The quantitative estimate of drug-likeness (QED) is 0.0293. The molecule has 9 heteroatoms. The molecule has 9 nitrogen and oxygen atoms in total. The zero-order chi connectivity index (χ0) is 36.7. The molecule has 0 spiro atoms. The van der Waals surface area contributed by atoms with Gasteiger partial charge in [0.15, 0.2) is 6.29 Å². The minimum Gasteiger partial charge on any atom is -0.394 e. The van der Waals surface area contributed by atoms with Gasteiger partial charge in [0.25, 0.3) is 0 Å². The van der Waals surface area contributed by atoms with Gasteiger partial charge in [-0.15, -0.1) is 0 Å². The number of hydrogen-bond donors (Lipinski definition) is 6. The van der Waals surface area contributed by atoms with Crippen LogP contribution in [0.1, 0.15) is 187 Å². The molecule has 0 unspecified atom stereocenters. The van der Waals surface area contributed by atoms with E-state index in [4.69, 9.17) is 9.47 Å². The first-order valence-electron chi connectivity index (χ1n) is 20.9. The molecule has 0 aliphatic carbocycles. The molecular formula is C41H79NO8. The summed E-state index contributed by atoms with van der Waals surface area (Å²) in [6, 6.07) is -0.796. The van der Waals surface area contributed by atoms with Crippen LogP contribution in [0, 0.1) is 0 Å². The Morgan fingerprint density at radius 1 is 0.660 bits per heavy atom. The van der Waals surface area contributed by atoms with Gasteiger partial charge >= 0.3 is 0 Å². The minimum absolute atomic E-state index is 0.177. The first kappa shape index (κ1) is 47.0. The summed E-state index contributed by atoms with van der Waals surface area (Å²) in [7, 11) is 0. The Morgan fingerprint density at radius 3 is 1.56 bits per heavy atom. The number of allylic oxidation sites excluding steroid dienone is 1. The molecule has 0 aromatic rings. The van der Waals surface area contributed by atoms with Crippen LogP contribution in [0.15, 0.2) is 12.2 Å². The van der Waals surface area contributed by atoms with Crippen LogP contribution < -0.4 is 5.32 Å². The predicted octanol–water partition coefficient (Wildman–Crippen LogP) is 7.78. The Kier molecular flexibility index (Phi) is 30.6. The number of rotatable bonds is 34. The van der Waals surface area contributed by atoms with E-state index in [1.807, 2.05) is 6.08 Å². The van der Waals surface area contributed by atoms with Crippen molar-refractivity contribution in [2.24, 2.45) is 0 Å². The summed E-state index contributed by atoms with van der Waals surface area (Å²) in [5.74, 6) is -0.177. The number of ether oxygens (including phenoxy) is 2. The Labute approximate surface area is 306 Å². The number of nitrogens with one attached hydrogen (secondary N) is 1. The summed E-state index contributed by atoms with van der Waals surface area (Å²) < 4.78 is 11.2.